The average Bonchev–Trinajstić information content (AvgIpc) is 2.42. The third-order valence-electron chi connectivity index (χ3n) is 3.43. The van der Waals surface area contributed by atoms with Crippen LogP contribution in [-0.4, -0.2) is 48.4 Å². The number of anilines is 1. The van der Waals surface area contributed by atoms with E-state index in [2.05, 4.69) is 11.8 Å². The number of likely N-dealkylation sites (N-methyl/N-ethyl adjacent to an activating group) is 1. The van der Waals surface area contributed by atoms with Gasteiger partial charge in [0.2, 0.25) is 0 Å². The van der Waals surface area contributed by atoms with Crippen molar-refractivity contribution in [2.24, 2.45) is 0 Å². The normalized spacial score (nSPS) is 16.7. The number of amides is 1. The highest BCUT2D eigenvalue weighted by Crippen LogP contribution is 2.19. The highest BCUT2D eigenvalue weighted by atomic mass is 19.2. The highest BCUT2D eigenvalue weighted by Gasteiger charge is 2.23. The van der Waals surface area contributed by atoms with Crippen LogP contribution in [0.25, 0.3) is 0 Å². The zero-order chi connectivity index (χ0) is 14.0. The molecule has 6 heteroatoms. The molecule has 1 aliphatic rings. The zero-order valence-electron chi connectivity index (χ0n) is 10.8. The second-order valence-corrected chi connectivity index (χ2v) is 4.58. The molecule has 1 aromatic carbocycles. The number of nitrogen functional groups attached to an aromatic ring is 1. The van der Waals surface area contributed by atoms with Crippen molar-refractivity contribution in [3.8, 4) is 0 Å². The summed E-state index contributed by atoms with van der Waals surface area (Å²) in [5.74, 6) is -2.43. The molecule has 1 amide bonds. The second kappa shape index (κ2) is 5.52. The van der Waals surface area contributed by atoms with Crippen LogP contribution < -0.4 is 5.73 Å². The lowest BCUT2D eigenvalue weighted by Gasteiger charge is -2.34. The summed E-state index contributed by atoms with van der Waals surface area (Å²) in [5, 5.41) is 0. The molecule has 0 aromatic heterocycles. The standard InChI is InChI=1S/C13H17F2N3O/c1-2-17-3-5-18(6-4-17)13(19)9-7-10(14)11(15)8-12(9)16/h7-8H,2-6,16H2,1H3. The maximum absolute atomic E-state index is 13.2. The van der Waals surface area contributed by atoms with E-state index >= 15 is 0 Å². The predicted octanol–water partition coefficient (Wildman–Crippen LogP) is 1.32. The first-order chi connectivity index (χ1) is 9.02. The molecule has 0 bridgehead atoms. The third-order valence-corrected chi connectivity index (χ3v) is 3.43. The Labute approximate surface area is 110 Å². The molecule has 2 rings (SSSR count). The summed E-state index contributed by atoms with van der Waals surface area (Å²) < 4.78 is 26.2. The molecule has 1 saturated heterocycles. The Balaban J connectivity index is 2.14. The Kier molecular flexibility index (Phi) is 3.99. The van der Waals surface area contributed by atoms with Crippen LogP contribution >= 0.6 is 0 Å². The minimum atomic E-state index is -1.05. The van der Waals surface area contributed by atoms with Crippen molar-refractivity contribution in [2.75, 3.05) is 38.5 Å². The molecular weight excluding hydrogens is 252 g/mol. The first-order valence-electron chi connectivity index (χ1n) is 6.29. The Morgan fingerprint density at radius 1 is 1.21 bits per heavy atom. The van der Waals surface area contributed by atoms with Crippen LogP contribution in [0.15, 0.2) is 12.1 Å². The van der Waals surface area contributed by atoms with Gasteiger partial charge in [0.15, 0.2) is 11.6 Å². The summed E-state index contributed by atoms with van der Waals surface area (Å²) in [6.45, 7) is 5.72. The molecule has 0 spiro atoms. The minimum absolute atomic E-state index is 0.0261. The van der Waals surface area contributed by atoms with Crippen molar-refractivity contribution in [1.82, 2.24) is 9.80 Å². The van der Waals surface area contributed by atoms with E-state index in [0.717, 1.165) is 31.8 Å². The fourth-order valence-corrected chi connectivity index (χ4v) is 2.18. The van der Waals surface area contributed by atoms with Crippen LogP contribution in [0.2, 0.25) is 0 Å². The molecule has 4 nitrogen and oxygen atoms in total. The number of carbonyl (C=O) groups is 1. The number of rotatable bonds is 2. The first-order valence-corrected chi connectivity index (χ1v) is 6.29. The van der Waals surface area contributed by atoms with Gasteiger partial charge in [-0.05, 0) is 12.6 Å². The molecule has 0 radical (unpaired) electrons. The SMILES string of the molecule is CCN1CCN(C(=O)c2cc(F)c(F)cc2N)CC1. The maximum atomic E-state index is 13.2. The van der Waals surface area contributed by atoms with E-state index < -0.39 is 11.6 Å². The molecule has 0 unspecified atom stereocenters. The van der Waals surface area contributed by atoms with E-state index in [1.54, 1.807) is 4.90 Å². The average molecular weight is 269 g/mol. The molecule has 0 saturated carbocycles. The van der Waals surface area contributed by atoms with Gasteiger partial charge in [0, 0.05) is 37.9 Å². The Morgan fingerprint density at radius 3 is 2.37 bits per heavy atom. The lowest BCUT2D eigenvalue weighted by molar-refractivity contribution is 0.0644. The topological polar surface area (TPSA) is 49.6 Å². The number of piperazine rings is 1. The van der Waals surface area contributed by atoms with Crippen molar-refractivity contribution in [3.63, 3.8) is 0 Å². The van der Waals surface area contributed by atoms with Crippen molar-refractivity contribution in [1.29, 1.82) is 0 Å². The van der Waals surface area contributed by atoms with Gasteiger partial charge in [-0.25, -0.2) is 8.78 Å². The van der Waals surface area contributed by atoms with Crippen LogP contribution in [0.5, 0.6) is 0 Å². The predicted molar refractivity (Wildman–Crippen MR) is 68.8 cm³/mol. The number of benzene rings is 1. The van der Waals surface area contributed by atoms with Crippen LogP contribution in [0.4, 0.5) is 14.5 Å². The zero-order valence-corrected chi connectivity index (χ0v) is 10.8. The molecule has 1 aromatic rings. The van der Waals surface area contributed by atoms with Gasteiger partial charge >= 0.3 is 0 Å². The molecule has 0 aliphatic carbocycles. The molecule has 19 heavy (non-hydrogen) atoms. The summed E-state index contributed by atoms with van der Waals surface area (Å²) in [7, 11) is 0. The molecule has 0 atom stereocenters. The van der Waals surface area contributed by atoms with Crippen LogP contribution in [0.3, 0.4) is 0 Å². The largest absolute Gasteiger partial charge is 0.398 e. The summed E-state index contributed by atoms with van der Waals surface area (Å²) in [6, 6.07) is 1.73. The smallest absolute Gasteiger partial charge is 0.256 e. The lowest BCUT2D eigenvalue weighted by atomic mass is 10.1. The summed E-state index contributed by atoms with van der Waals surface area (Å²) >= 11 is 0. The number of nitrogens with two attached hydrogens (primary N) is 1. The second-order valence-electron chi connectivity index (χ2n) is 4.58. The van der Waals surface area contributed by atoms with Crippen molar-refractivity contribution >= 4 is 11.6 Å². The highest BCUT2D eigenvalue weighted by molar-refractivity contribution is 5.99. The first kappa shape index (κ1) is 13.7. The van der Waals surface area contributed by atoms with Crippen molar-refractivity contribution < 1.29 is 13.6 Å². The van der Waals surface area contributed by atoms with E-state index in [9.17, 15) is 13.6 Å². The number of carbonyl (C=O) groups excluding carboxylic acids is 1. The molecule has 104 valence electrons. The van der Waals surface area contributed by atoms with Gasteiger partial charge in [0.05, 0.1) is 5.56 Å². The molecule has 1 aliphatic heterocycles. The van der Waals surface area contributed by atoms with E-state index in [1.807, 2.05) is 0 Å². The quantitative estimate of drug-likeness (QED) is 0.824. The van der Waals surface area contributed by atoms with E-state index in [1.165, 1.54) is 0 Å². The van der Waals surface area contributed by atoms with E-state index in [0.29, 0.717) is 13.1 Å². The number of halogens is 2. The van der Waals surface area contributed by atoms with Gasteiger partial charge < -0.3 is 15.5 Å². The summed E-state index contributed by atoms with van der Waals surface area (Å²) in [6.07, 6.45) is 0. The molecule has 2 N–H and O–H groups in total. The lowest BCUT2D eigenvalue weighted by Crippen LogP contribution is -2.48. The van der Waals surface area contributed by atoms with Gasteiger partial charge in [-0.15, -0.1) is 0 Å². The van der Waals surface area contributed by atoms with Crippen LogP contribution in [0, 0.1) is 11.6 Å². The van der Waals surface area contributed by atoms with Crippen molar-refractivity contribution in [3.05, 3.63) is 29.3 Å². The third kappa shape index (κ3) is 2.84. The fourth-order valence-electron chi connectivity index (χ4n) is 2.18. The number of hydrogen-bond acceptors (Lipinski definition) is 3. The Hall–Kier alpha value is -1.69. The number of nitrogens with zero attached hydrogens (tertiary/aromatic N) is 2. The van der Waals surface area contributed by atoms with Gasteiger partial charge in [-0.1, -0.05) is 6.92 Å². The Bertz CT molecular complexity index is 485. The number of hydrogen-bond donors (Lipinski definition) is 1. The van der Waals surface area contributed by atoms with Gasteiger partial charge in [-0.2, -0.15) is 0 Å². The minimum Gasteiger partial charge on any atom is -0.398 e. The monoisotopic (exact) mass is 269 g/mol. The van der Waals surface area contributed by atoms with Crippen LogP contribution in [0.1, 0.15) is 17.3 Å². The molecular formula is C13H17F2N3O. The molecule has 1 heterocycles. The summed E-state index contributed by atoms with van der Waals surface area (Å²) in [5.41, 5.74) is 5.59. The van der Waals surface area contributed by atoms with Crippen LogP contribution in [-0.2, 0) is 0 Å². The Morgan fingerprint density at radius 2 is 1.79 bits per heavy atom. The maximum Gasteiger partial charge on any atom is 0.256 e. The fraction of sp³-hybridized carbons (Fsp3) is 0.462. The van der Waals surface area contributed by atoms with Gasteiger partial charge in [0.25, 0.3) is 5.91 Å². The van der Waals surface area contributed by atoms with Gasteiger partial charge in [-0.3, -0.25) is 4.79 Å². The van der Waals surface area contributed by atoms with E-state index in [4.69, 9.17) is 5.73 Å². The van der Waals surface area contributed by atoms with Gasteiger partial charge in [0.1, 0.15) is 0 Å². The molecule has 1 fully saturated rings. The van der Waals surface area contributed by atoms with Crippen molar-refractivity contribution in [2.45, 2.75) is 6.92 Å². The summed E-state index contributed by atoms with van der Waals surface area (Å²) in [4.78, 5) is 16.1. The van der Waals surface area contributed by atoms with E-state index in [-0.39, 0.29) is 17.2 Å².